The van der Waals surface area contributed by atoms with Gasteiger partial charge in [0.2, 0.25) is 0 Å². The van der Waals surface area contributed by atoms with Crippen LogP contribution in [-0.2, 0) is 0 Å². The standard InChI is InChI=1S/C13H20ClN3/c1-16(8-9-17-6-2-3-7-17)13-5-4-11(15)10-12(13)14/h4-5,10H,2-3,6-9,15H2,1H3. The smallest absolute Gasteiger partial charge is 0.0659 e. The molecule has 3 nitrogen and oxygen atoms in total. The zero-order valence-electron chi connectivity index (χ0n) is 10.3. The normalized spacial score (nSPS) is 16.4. The maximum Gasteiger partial charge on any atom is 0.0659 e. The van der Waals surface area contributed by atoms with Crippen molar-refractivity contribution in [2.24, 2.45) is 0 Å². The summed E-state index contributed by atoms with van der Waals surface area (Å²) in [6, 6.07) is 5.69. The van der Waals surface area contributed by atoms with Gasteiger partial charge in [0.1, 0.15) is 0 Å². The summed E-state index contributed by atoms with van der Waals surface area (Å²) in [6.45, 7) is 4.59. The van der Waals surface area contributed by atoms with E-state index in [1.54, 1.807) is 0 Å². The Bertz CT molecular complexity index is 375. The summed E-state index contributed by atoms with van der Waals surface area (Å²) in [6.07, 6.45) is 2.68. The quantitative estimate of drug-likeness (QED) is 0.837. The summed E-state index contributed by atoms with van der Waals surface area (Å²) < 4.78 is 0. The highest BCUT2D eigenvalue weighted by molar-refractivity contribution is 6.33. The molecule has 0 atom stereocenters. The minimum absolute atomic E-state index is 0.715. The number of nitrogen functional groups attached to an aromatic ring is 1. The summed E-state index contributed by atoms with van der Waals surface area (Å²) in [5.74, 6) is 0. The number of likely N-dealkylation sites (tertiary alicyclic amines) is 1. The van der Waals surface area contributed by atoms with Gasteiger partial charge in [-0.05, 0) is 44.1 Å². The minimum Gasteiger partial charge on any atom is -0.399 e. The van der Waals surface area contributed by atoms with Crippen LogP contribution in [0.2, 0.25) is 5.02 Å². The molecule has 0 aliphatic carbocycles. The second-order valence-corrected chi connectivity index (χ2v) is 5.09. The Balaban J connectivity index is 1.91. The highest BCUT2D eigenvalue weighted by Gasteiger charge is 2.13. The molecule has 0 spiro atoms. The third-order valence-corrected chi connectivity index (χ3v) is 3.64. The Labute approximate surface area is 108 Å². The van der Waals surface area contributed by atoms with E-state index >= 15 is 0 Å². The van der Waals surface area contributed by atoms with Crippen LogP contribution in [0.5, 0.6) is 0 Å². The maximum absolute atomic E-state index is 6.18. The topological polar surface area (TPSA) is 32.5 Å². The summed E-state index contributed by atoms with van der Waals surface area (Å²) in [7, 11) is 2.08. The van der Waals surface area contributed by atoms with Gasteiger partial charge >= 0.3 is 0 Å². The second-order valence-electron chi connectivity index (χ2n) is 4.68. The first kappa shape index (κ1) is 12.5. The zero-order chi connectivity index (χ0) is 12.3. The SMILES string of the molecule is CN(CCN1CCCC1)c1ccc(N)cc1Cl. The molecule has 1 aliphatic rings. The zero-order valence-corrected chi connectivity index (χ0v) is 11.1. The molecule has 1 saturated heterocycles. The molecule has 4 heteroatoms. The number of benzene rings is 1. The van der Waals surface area contributed by atoms with Crippen molar-refractivity contribution in [2.75, 3.05) is 43.9 Å². The number of anilines is 2. The molecule has 0 saturated carbocycles. The molecule has 1 heterocycles. The van der Waals surface area contributed by atoms with Crippen LogP contribution in [0, 0.1) is 0 Å². The van der Waals surface area contributed by atoms with Crippen LogP contribution >= 0.6 is 11.6 Å². The Morgan fingerprint density at radius 1 is 1.35 bits per heavy atom. The average molecular weight is 254 g/mol. The van der Waals surface area contributed by atoms with Gasteiger partial charge in [0.05, 0.1) is 10.7 Å². The molecule has 1 aliphatic heterocycles. The molecule has 17 heavy (non-hydrogen) atoms. The molecule has 0 aromatic heterocycles. The molecule has 1 aromatic rings. The van der Waals surface area contributed by atoms with Crippen molar-refractivity contribution in [3.63, 3.8) is 0 Å². The van der Waals surface area contributed by atoms with Crippen LogP contribution in [0.4, 0.5) is 11.4 Å². The fourth-order valence-electron chi connectivity index (χ4n) is 2.25. The lowest BCUT2D eigenvalue weighted by molar-refractivity contribution is 0.346. The van der Waals surface area contributed by atoms with Gasteiger partial charge in [0.25, 0.3) is 0 Å². The molecular weight excluding hydrogens is 234 g/mol. The van der Waals surface area contributed by atoms with Crippen LogP contribution in [0.15, 0.2) is 18.2 Å². The lowest BCUT2D eigenvalue weighted by Gasteiger charge is -2.24. The van der Waals surface area contributed by atoms with E-state index in [0.29, 0.717) is 5.69 Å². The van der Waals surface area contributed by atoms with Crippen molar-refractivity contribution >= 4 is 23.0 Å². The van der Waals surface area contributed by atoms with E-state index in [1.807, 2.05) is 18.2 Å². The van der Waals surface area contributed by atoms with E-state index in [-0.39, 0.29) is 0 Å². The van der Waals surface area contributed by atoms with Crippen molar-refractivity contribution in [3.05, 3.63) is 23.2 Å². The van der Waals surface area contributed by atoms with Gasteiger partial charge in [0, 0.05) is 25.8 Å². The number of likely N-dealkylation sites (N-methyl/N-ethyl adjacent to an activating group) is 1. The molecule has 94 valence electrons. The van der Waals surface area contributed by atoms with E-state index in [1.165, 1.54) is 25.9 Å². The fourth-order valence-corrected chi connectivity index (χ4v) is 2.58. The molecule has 0 bridgehead atoms. The van der Waals surface area contributed by atoms with Crippen LogP contribution in [0.3, 0.4) is 0 Å². The van der Waals surface area contributed by atoms with E-state index in [4.69, 9.17) is 17.3 Å². The highest BCUT2D eigenvalue weighted by Crippen LogP contribution is 2.26. The van der Waals surface area contributed by atoms with Crippen molar-refractivity contribution in [3.8, 4) is 0 Å². The fraction of sp³-hybridized carbons (Fsp3) is 0.538. The summed E-state index contributed by atoms with van der Waals surface area (Å²) in [5, 5.41) is 0.730. The first-order valence-electron chi connectivity index (χ1n) is 6.15. The lowest BCUT2D eigenvalue weighted by atomic mass is 10.2. The predicted molar refractivity (Wildman–Crippen MR) is 74.8 cm³/mol. The maximum atomic E-state index is 6.18. The number of halogens is 1. The summed E-state index contributed by atoms with van der Waals surface area (Å²) >= 11 is 6.18. The summed E-state index contributed by atoms with van der Waals surface area (Å²) in [5.41, 5.74) is 7.46. The Hall–Kier alpha value is -0.930. The first-order valence-corrected chi connectivity index (χ1v) is 6.53. The van der Waals surface area contributed by atoms with E-state index < -0.39 is 0 Å². The number of hydrogen-bond acceptors (Lipinski definition) is 3. The van der Waals surface area contributed by atoms with Crippen LogP contribution < -0.4 is 10.6 Å². The molecule has 0 amide bonds. The van der Waals surface area contributed by atoms with Gasteiger partial charge in [-0.1, -0.05) is 11.6 Å². The summed E-state index contributed by atoms with van der Waals surface area (Å²) in [4.78, 5) is 4.70. The number of nitrogens with zero attached hydrogens (tertiary/aromatic N) is 2. The van der Waals surface area contributed by atoms with Gasteiger partial charge < -0.3 is 15.5 Å². The number of nitrogens with two attached hydrogens (primary N) is 1. The minimum atomic E-state index is 0.715. The molecule has 2 rings (SSSR count). The first-order chi connectivity index (χ1) is 8.16. The third-order valence-electron chi connectivity index (χ3n) is 3.33. The van der Waals surface area contributed by atoms with Gasteiger partial charge in [-0.3, -0.25) is 0 Å². The van der Waals surface area contributed by atoms with E-state index in [0.717, 1.165) is 23.8 Å². The highest BCUT2D eigenvalue weighted by atomic mass is 35.5. The third kappa shape index (κ3) is 3.27. The van der Waals surface area contributed by atoms with Crippen molar-refractivity contribution in [1.29, 1.82) is 0 Å². The van der Waals surface area contributed by atoms with Crippen LogP contribution in [0.1, 0.15) is 12.8 Å². The Kier molecular flexibility index (Phi) is 4.13. The monoisotopic (exact) mass is 253 g/mol. The second kappa shape index (κ2) is 5.61. The van der Waals surface area contributed by atoms with Gasteiger partial charge in [-0.25, -0.2) is 0 Å². The van der Waals surface area contributed by atoms with Crippen molar-refractivity contribution in [1.82, 2.24) is 4.90 Å². The van der Waals surface area contributed by atoms with Gasteiger partial charge in [-0.15, -0.1) is 0 Å². The average Bonchev–Trinajstić information content (AvgIpc) is 2.78. The molecular formula is C13H20ClN3. The Morgan fingerprint density at radius 3 is 2.71 bits per heavy atom. The molecule has 1 fully saturated rings. The lowest BCUT2D eigenvalue weighted by Crippen LogP contribution is -2.31. The Morgan fingerprint density at radius 2 is 2.06 bits per heavy atom. The van der Waals surface area contributed by atoms with E-state index in [2.05, 4.69) is 16.8 Å². The molecule has 2 N–H and O–H groups in total. The van der Waals surface area contributed by atoms with Crippen molar-refractivity contribution < 1.29 is 0 Å². The number of rotatable bonds is 4. The molecule has 1 aromatic carbocycles. The largest absolute Gasteiger partial charge is 0.399 e. The van der Waals surface area contributed by atoms with E-state index in [9.17, 15) is 0 Å². The van der Waals surface area contributed by atoms with Crippen LogP contribution in [0.25, 0.3) is 0 Å². The predicted octanol–water partition coefficient (Wildman–Crippen LogP) is 2.45. The van der Waals surface area contributed by atoms with Gasteiger partial charge in [-0.2, -0.15) is 0 Å². The van der Waals surface area contributed by atoms with Crippen LogP contribution in [-0.4, -0.2) is 38.1 Å². The molecule has 0 unspecified atom stereocenters. The van der Waals surface area contributed by atoms with Crippen molar-refractivity contribution in [2.45, 2.75) is 12.8 Å². The number of hydrogen-bond donors (Lipinski definition) is 1. The van der Waals surface area contributed by atoms with Gasteiger partial charge in [0.15, 0.2) is 0 Å². The molecule has 0 radical (unpaired) electrons.